The molecule has 27 heavy (non-hydrogen) atoms. The molecule has 1 aliphatic rings. The number of anilines is 2. The summed E-state index contributed by atoms with van der Waals surface area (Å²) in [6.07, 6.45) is 5.52. The van der Waals surface area contributed by atoms with Gasteiger partial charge in [-0.25, -0.2) is 0 Å². The van der Waals surface area contributed by atoms with Gasteiger partial charge in [0, 0.05) is 38.9 Å². The Hall–Kier alpha value is -2.76. The molecule has 2 aromatic rings. The average molecular weight is 368 g/mol. The van der Waals surface area contributed by atoms with Gasteiger partial charge in [-0.3, -0.25) is 9.78 Å². The highest BCUT2D eigenvalue weighted by Crippen LogP contribution is 2.29. The van der Waals surface area contributed by atoms with Crippen LogP contribution in [0.5, 0.6) is 5.75 Å². The minimum absolute atomic E-state index is 0.0505. The van der Waals surface area contributed by atoms with Gasteiger partial charge in [-0.1, -0.05) is 25.5 Å². The van der Waals surface area contributed by atoms with Gasteiger partial charge in [0.25, 0.3) is 5.91 Å². The molecule has 1 amide bonds. The van der Waals surface area contributed by atoms with Gasteiger partial charge in [-0.15, -0.1) is 0 Å². The van der Waals surface area contributed by atoms with Crippen molar-refractivity contribution >= 4 is 17.3 Å². The first-order valence-corrected chi connectivity index (χ1v) is 9.59. The van der Waals surface area contributed by atoms with E-state index in [4.69, 9.17) is 4.74 Å². The van der Waals surface area contributed by atoms with E-state index in [1.165, 1.54) is 0 Å². The third-order valence-corrected chi connectivity index (χ3v) is 4.87. The zero-order chi connectivity index (χ0) is 19.1. The van der Waals surface area contributed by atoms with E-state index in [0.29, 0.717) is 12.1 Å². The fourth-order valence-corrected chi connectivity index (χ4v) is 3.30. The Labute approximate surface area is 161 Å². The minimum Gasteiger partial charge on any atom is -0.495 e. The number of ether oxygens (including phenoxy) is 1. The van der Waals surface area contributed by atoms with E-state index in [1.807, 2.05) is 30.5 Å². The fraction of sp³-hybridized carbons (Fsp3) is 0.429. The van der Waals surface area contributed by atoms with E-state index in [9.17, 15) is 4.79 Å². The number of nitrogens with zero attached hydrogens (tertiary/aromatic N) is 3. The van der Waals surface area contributed by atoms with Crippen molar-refractivity contribution in [3.05, 3.63) is 48.3 Å². The van der Waals surface area contributed by atoms with Crippen LogP contribution in [0.3, 0.4) is 0 Å². The molecule has 2 heterocycles. The number of rotatable bonds is 7. The molecule has 0 bridgehead atoms. The monoisotopic (exact) mass is 368 g/mol. The van der Waals surface area contributed by atoms with E-state index < -0.39 is 0 Å². The van der Waals surface area contributed by atoms with E-state index in [1.54, 1.807) is 13.3 Å². The van der Waals surface area contributed by atoms with Crippen LogP contribution in [0.4, 0.5) is 11.4 Å². The lowest BCUT2D eigenvalue weighted by Crippen LogP contribution is -2.46. The van der Waals surface area contributed by atoms with Gasteiger partial charge >= 0.3 is 0 Å². The zero-order valence-electron chi connectivity index (χ0n) is 16.1. The van der Waals surface area contributed by atoms with Crippen molar-refractivity contribution in [1.82, 2.24) is 10.3 Å². The third-order valence-electron chi connectivity index (χ3n) is 4.87. The van der Waals surface area contributed by atoms with Gasteiger partial charge < -0.3 is 19.9 Å². The van der Waals surface area contributed by atoms with Crippen LogP contribution < -0.4 is 19.9 Å². The highest BCUT2D eigenvalue weighted by Gasteiger charge is 2.20. The lowest BCUT2D eigenvalue weighted by atomic mass is 10.2. The molecule has 0 radical (unpaired) electrons. The number of methoxy groups -OCH3 is 1. The Balaban J connectivity index is 1.62. The lowest BCUT2D eigenvalue weighted by Gasteiger charge is -2.37. The number of para-hydroxylation sites is 2. The van der Waals surface area contributed by atoms with Gasteiger partial charge in [0.15, 0.2) is 0 Å². The second-order valence-corrected chi connectivity index (χ2v) is 6.69. The summed E-state index contributed by atoms with van der Waals surface area (Å²) in [6.45, 7) is 6.36. The van der Waals surface area contributed by atoms with Crippen molar-refractivity contribution in [3.8, 4) is 5.75 Å². The van der Waals surface area contributed by atoms with E-state index in [2.05, 4.69) is 33.1 Å². The minimum atomic E-state index is -0.0505. The first-order valence-electron chi connectivity index (χ1n) is 9.59. The molecule has 1 N–H and O–H groups in total. The Kier molecular flexibility index (Phi) is 6.52. The molecule has 1 fully saturated rings. The summed E-state index contributed by atoms with van der Waals surface area (Å²) in [7, 11) is 1.71. The van der Waals surface area contributed by atoms with Gasteiger partial charge in [-0.2, -0.15) is 0 Å². The molecule has 0 atom stereocenters. The molecule has 1 aliphatic heterocycles. The number of pyridine rings is 1. The molecule has 1 aromatic carbocycles. The molecular formula is C21H28N4O2. The number of nitrogens with one attached hydrogen (secondary N) is 1. The molecule has 0 unspecified atom stereocenters. The maximum atomic E-state index is 12.3. The number of hydrogen-bond donors (Lipinski definition) is 1. The predicted molar refractivity (Wildman–Crippen MR) is 109 cm³/mol. The van der Waals surface area contributed by atoms with Crippen LogP contribution >= 0.6 is 0 Å². The van der Waals surface area contributed by atoms with Gasteiger partial charge in [-0.05, 0) is 24.6 Å². The highest BCUT2D eigenvalue weighted by molar-refractivity contribution is 5.94. The molecule has 0 saturated carbocycles. The molecule has 0 aliphatic carbocycles. The second kappa shape index (κ2) is 9.26. The zero-order valence-corrected chi connectivity index (χ0v) is 16.1. The first-order chi connectivity index (χ1) is 13.2. The standard InChI is InChI=1S/C21H28N4O2/c1-3-4-9-23-21(26)17-14-18(16-22-15-17)24-10-12-25(13-11-24)19-7-5-6-8-20(19)27-2/h5-8,14-16H,3-4,9-13H2,1-2H3,(H,23,26). The van der Waals surface area contributed by atoms with Crippen molar-refractivity contribution in [1.29, 1.82) is 0 Å². The number of piperazine rings is 1. The smallest absolute Gasteiger partial charge is 0.252 e. The highest BCUT2D eigenvalue weighted by atomic mass is 16.5. The predicted octanol–water partition coefficient (Wildman–Crippen LogP) is 2.95. The van der Waals surface area contributed by atoms with Crippen LogP contribution in [0.1, 0.15) is 30.1 Å². The second-order valence-electron chi connectivity index (χ2n) is 6.69. The summed E-state index contributed by atoms with van der Waals surface area (Å²) in [4.78, 5) is 21.2. The molecule has 1 aromatic heterocycles. The summed E-state index contributed by atoms with van der Waals surface area (Å²) in [6, 6.07) is 10.0. The summed E-state index contributed by atoms with van der Waals surface area (Å²) in [5, 5.41) is 2.95. The quantitative estimate of drug-likeness (QED) is 0.762. The maximum Gasteiger partial charge on any atom is 0.252 e. The summed E-state index contributed by atoms with van der Waals surface area (Å²) >= 11 is 0. The Morgan fingerprint density at radius 3 is 2.63 bits per heavy atom. The normalized spacial score (nSPS) is 14.1. The summed E-state index contributed by atoms with van der Waals surface area (Å²) in [5.74, 6) is 0.851. The number of hydrogen-bond acceptors (Lipinski definition) is 5. The lowest BCUT2D eigenvalue weighted by molar-refractivity contribution is 0.0953. The van der Waals surface area contributed by atoms with Crippen LogP contribution in [0.2, 0.25) is 0 Å². The number of carbonyl (C=O) groups is 1. The SMILES string of the molecule is CCCCNC(=O)c1cncc(N2CCN(c3ccccc3OC)CC2)c1. The van der Waals surface area contributed by atoms with Crippen molar-refractivity contribution in [3.63, 3.8) is 0 Å². The fourth-order valence-electron chi connectivity index (χ4n) is 3.30. The van der Waals surface area contributed by atoms with Crippen molar-refractivity contribution in [2.45, 2.75) is 19.8 Å². The molecule has 6 heteroatoms. The van der Waals surface area contributed by atoms with Crippen molar-refractivity contribution < 1.29 is 9.53 Å². The molecule has 0 spiro atoms. The van der Waals surface area contributed by atoms with Gasteiger partial charge in [0.05, 0.1) is 30.2 Å². The Morgan fingerprint density at radius 2 is 1.89 bits per heavy atom. The number of unbranched alkanes of at least 4 members (excludes halogenated alkanes) is 1. The van der Waals surface area contributed by atoms with E-state index in [-0.39, 0.29) is 5.91 Å². The van der Waals surface area contributed by atoms with Crippen LogP contribution in [0.25, 0.3) is 0 Å². The van der Waals surface area contributed by atoms with Crippen LogP contribution in [0, 0.1) is 0 Å². The van der Waals surface area contributed by atoms with Gasteiger partial charge in [0.1, 0.15) is 5.75 Å². The van der Waals surface area contributed by atoms with Crippen LogP contribution in [-0.2, 0) is 0 Å². The summed E-state index contributed by atoms with van der Waals surface area (Å²) < 4.78 is 5.48. The molecule has 6 nitrogen and oxygen atoms in total. The average Bonchev–Trinajstić information content (AvgIpc) is 2.74. The van der Waals surface area contributed by atoms with Crippen LogP contribution in [0.15, 0.2) is 42.7 Å². The maximum absolute atomic E-state index is 12.3. The first kappa shape index (κ1) is 19.0. The summed E-state index contributed by atoms with van der Waals surface area (Å²) in [5.41, 5.74) is 2.75. The van der Waals surface area contributed by atoms with Gasteiger partial charge in [0.2, 0.25) is 0 Å². The number of aromatic nitrogens is 1. The van der Waals surface area contributed by atoms with Crippen LogP contribution in [-0.4, -0.2) is 50.7 Å². The van der Waals surface area contributed by atoms with E-state index in [0.717, 1.165) is 56.1 Å². The molecular weight excluding hydrogens is 340 g/mol. The topological polar surface area (TPSA) is 57.7 Å². The largest absolute Gasteiger partial charge is 0.495 e. The Morgan fingerprint density at radius 1 is 1.15 bits per heavy atom. The molecule has 3 rings (SSSR count). The van der Waals surface area contributed by atoms with Crippen molar-refractivity contribution in [2.75, 3.05) is 49.6 Å². The van der Waals surface area contributed by atoms with E-state index >= 15 is 0 Å². The molecule has 144 valence electrons. The van der Waals surface area contributed by atoms with Crippen molar-refractivity contribution in [2.24, 2.45) is 0 Å². The Bertz CT molecular complexity index is 757. The number of benzene rings is 1. The third kappa shape index (κ3) is 4.70. The number of amides is 1. The molecule has 1 saturated heterocycles. The number of carbonyl (C=O) groups excluding carboxylic acids is 1.